The summed E-state index contributed by atoms with van der Waals surface area (Å²) >= 11 is 0. The number of hydrogen-bond donors (Lipinski definition) is 1. The third-order valence-corrected chi connectivity index (χ3v) is 3.26. The van der Waals surface area contributed by atoms with Gasteiger partial charge in [0.1, 0.15) is 5.76 Å². The molecule has 0 radical (unpaired) electrons. The molecule has 0 aromatic carbocycles. The lowest BCUT2D eigenvalue weighted by Crippen LogP contribution is -2.20. The zero-order valence-corrected chi connectivity index (χ0v) is 9.68. The highest BCUT2D eigenvalue weighted by atomic mass is 16.4. The van der Waals surface area contributed by atoms with Crippen molar-refractivity contribution in [2.24, 2.45) is 5.92 Å². The predicted molar refractivity (Wildman–Crippen MR) is 59.6 cm³/mol. The summed E-state index contributed by atoms with van der Waals surface area (Å²) in [6.07, 6.45) is 5.58. The summed E-state index contributed by atoms with van der Waals surface area (Å²) in [5, 5.41) is 3.43. The molecular formula is C12H20N2O. The van der Waals surface area contributed by atoms with E-state index in [2.05, 4.69) is 10.3 Å². The van der Waals surface area contributed by atoms with Crippen LogP contribution in [0, 0.1) is 19.8 Å². The number of hydrogen-bond acceptors (Lipinski definition) is 3. The van der Waals surface area contributed by atoms with Gasteiger partial charge in [-0.3, -0.25) is 0 Å². The Morgan fingerprint density at radius 2 is 2.07 bits per heavy atom. The lowest BCUT2D eigenvalue weighted by molar-refractivity contribution is 0.423. The molecule has 0 spiro atoms. The van der Waals surface area contributed by atoms with Crippen molar-refractivity contribution in [3.8, 4) is 0 Å². The third kappa shape index (κ3) is 2.81. The highest BCUT2D eigenvalue weighted by molar-refractivity contribution is 5.05. The fraction of sp³-hybridized carbons (Fsp3) is 0.750. The molecule has 1 aromatic rings. The smallest absolute Gasteiger partial charge is 0.208 e. The van der Waals surface area contributed by atoms with Crippen molar-refractivity contribution in [3.05, 3.63) is 17.3 Å². The molecule has 1 aliphatic rings. The van der Waals surface area contributed by atoms with Crippen LogP contribution in [-0.4, -0.2) is 11.5 Å². The average molecular weight is 208 g/mol. The first-order chi connectivity index (χ1) is 7.25. The summed E-state index contributed by atoms with van der Waals surface area (Å²) in [6, 6.07) is 0. The normalized spacial score (nSPS) is 17.5. The van der Waals surface area contributed by atoms with Crippen molar-refractivity contribution < 1.29 is 4.42 Å². The molecule has 0 atom stereocenters. The minimum atomic E-state index is 0.769. The fourth-order valence-electron chi connectivity index (χ4n) is 2.21. The number of nitrogens with one attached hydrogen (secondary N) is 1. The molecule has 1 N–H and O–H groups in total. The van der Waals surface area contributed by atoms with Crippen LogP contribution in [0.5, 0.6) is 0 Å². The number of aryl methyl sites for hydroxylation is 2. The summed E-state index contributed by atoms with van der Waals surface area (Å²) in [6.45, 7) is 5.83. The van der Waals surface area contributed by atoms with Crippen LogP contribution in [0.25, 0.3) is 0 Å². The minimum Gasteiger partial charge on any atom is -0.444 e. The largest absolute Gasteiger partial charge is 0.444 e. The van der Waals surface area contributed by atoms with Gasteiger partial charge in [-0.05, 0) is 39.2 Å². The van der Waals surface area contributed by atoms with Crippen LogP contribution in [0.1, 0.15) is 43.0 Å². The van der Waals surface area contributed by atoms with Gasteiger partial charge in [0.25, 0.3) is 0 Å². The monoisotopic (exact) mass is 208 g/mol. The van der Waals surface area contributed by atoms with Gasteiger partial charge in [0.15, 0.2) is 0 Å². The molecule has 0 amide bonds. The van der Waals surface area contributed by atoms with Crippen LogP contribution in [0.3, 0.4) is 0 Å². The molecule has 0 aliphatic heterocycles. The van der Waals surface area contributed by atoms with Crippen LogP contribution in [0.2, 0.25) is 0 Å². The van der Waals surface area contributed by atoms with Gasteiger partial charge in [-0.1, -0.05) is 12.8 Å². The quantitative estimate of drug-likeness (QED) is 0.826. The first kappa shape index (κ1) is 10.7. The topological polar surface area (TPSA) is 38.1 Å². The summed E-state index contributed by atoms with van der Waals surface area (Å²) in [5.41, 5.74) is 1.01. The molecular weight excluding hydrogens is 188 g/mol. The lowest BCUT2D eigenvalue weighted by Gasteiger charge is -2.08. The zero-order chi connectivity index (χ0) is 10.7. The van der Waals surface area contributed by atoms with E-state index in [-0.39, 0.29) is 0 Å². The Balaban J connectivity index is 1.73. The molecule has 0 saturated heterocycles. The van der Waals surface area contributed by atoms with E-state index in [1.807, 2.05) is 13.8 Å². The SMILES string of the molecule is Cc1nc(CNCC2CCCC2)oc1C. The molecule has 84 valence electrons. The van der Waals surface area contributed by atoms with Crippen LogP contribution < -0.4 is 5.32 Å². The number of rotatable bonds is 4. The van der Waals surface area contributed by atoms with Crippen LogP contribution in [0.15, 0.2) is 4.42 Å². The molecule has 0 bridgehead atoms. The van der Waals surface area contributed by atoms with E-state index in [4.69, 9.17) is 4.42 Å². The van der Waals surface area contributed by atoms with E-state index in [0.717, 1.165) is 36.4 Å². The van der Waals surface area contributed by atoms with Crippen molar-refractivity contribution in [3.63, 3.8) is 0 Å². The van der Waals surface area contributed by atoms with E-state index in [1.165, 1.54) is 25.7 Å². The molecule has 0 unspecified atom stereocenters. The average Bonchev–Trinajstić information content (AvgIpc) is 2.79. The third-order valence-electron chi connectivity index (χ3n) is 3.26. The molecule has 1 fully saturated rings. The van der Waals surface area contributed by atoms with Gasteiger partial charge in [-0.15, -0.1) is 0 Å². The predicted octanol–water partition coefficient (Wildman–Crippen LogP) is 2.57. The Kier molecular flexibility index (Phi) is 3.41. The van der Waals surface area contributed by atoms with E-state index in [0.29, 0.717) is 0 Å². The van der Waals surface area contributed by atoms with Gasteiger partial charge >= 0.3 is 0 Å². The van der Waals surface area contributed by atoms with Crippen LogP contribution >= 0.6 is 0 Å². The summed E-state index contributed by atoms with van der Waals surface area (Å²) < 4.78 is 5.51. The standard InChI is InChI=1S/C12H20N2O/c1-9-10(2)15-12(14-9)8-13-7-11-5-3-4-6-11/h11,13H,3-8H2,1-2H3. The molecule has 15 heavy (non-hydrogen) atoms. The molecule has 3 nitrogen and oxygen atoms in total. The van der Waals surface area contributed by atoms with Gasteiger partial charge in [0.05, 0.1) is 12.2 Å². The van der Waals surface area contributed by atoms with Gasteiger partial charge in [0.2, 0.25) is 5.89 Å². The van der Waals surface area contributed by atoms with Crippen molar-refractivity contribution in [1.29, 1.82) is 0 Å². The first-order valence-corrected chi connectivity index (χ1v) is 5.89. The van der Waals surface area contributed by atoms with Crippen molar-refractivity contribution in [1.82, 2.24) is 10.3 Å². The van der Waals surface area contributed by atoms with Crippen LogP contribution in [-0.2, 0) is 6.54 Å². The van der Waals surface area contributed by atoms with Gasteiger partial charge in [-0.25, -0.2) is 4.98 Å². The lowest BCUT2D eigenvalue weighted by atomic mass is 10.1. The highest BCUT2D eigenvalue weighted by Gasteiger charge is 2.14. The van der Waals surface area contributed by atoms with Gasteiger partial charge in [-0.2, -0.15) is 0 Å². The van der Waals surface area contributed by atoms with Crippen LogP contribution in [0.4, 0.5) is 0 Å². The maximum absolute atomic E-state index is 5.51. The second-order valence-electron chi connectivity index (χ2n) is 4.53. The van der Waals surface area contributed by atoms with E-state index in [1.54, 1.807) is 0 Å². The van der Waals surface area contributed by atoms with Crippen molar-refractivity contribution in [2.45, 2.75) is 46.1 Å². The Bertz CT molecular complexity index is 294. The number of aromatic nitrogens is 1. The fourth-order valence-corrected chi connectivity index (χ4v) is 2.21. The van der Waals surface area contributed by atoms with Gasteiger partial charge in [0, 0.05) is 0 Å². The van der Waals surface area contributed by atoms with Crippen molar-refractivity contribution >= 4 is 0 Å². The molecule has 1 aliphatic carbocycles. The second-order valence-corrected chi connectivity index (χ2v) is 4.53. The Morgan fingerprint density at radius 3 is 2.67 bits per heavy atom. The molecule has 3 heteroatoms. The maximum atomic E-state index is 5.51. The maximum Gasteiger partial charge on any atom is 0.208 e. The molecule has 1 saturated carbocycles. The minimum absolute atomic E-state index is 0.769. The van der Waals surface area contributed by atoms with E-state index < -0.39 is 0 Å². The first-order valence-electron chi connectivity index (χ1n) is 5.89. The summed E-state index contributed by atoms with van der Waals surface area (Å²) in [7, 11) is 0. The second kappa shape index (κ2) is 4.79. The Hall–Kier alpha value is -0.830. The van der Waals surface area contributed by atoms with Gasteiger partial charge < -0.3 is 9.73 Å². The highest BCUT2D eigenvalue weighted by Crippen LogP contribution is 2.23. The molecule has 2 rings (SSSR count). The number of nitrogens with zero attached hydrogens (tertiary/aromatic N) is 1. The van der Waals surface area contributed by atoms with E-state index >= 15 is 0 Å². The van der Waals surface area contributed by atoms with E-state index in [9.17, 15) is 0 Å². The molecule has 1 aromatic heterocycles. The Morgan fingerprint density at radius 1 is 1.33 bits per heavy atom. The molecule has 1 heterocycles. The summed E-state index contributed by atoms with van der Waals surface area (Å²) in [4.78, 5) is 4.35. The Labute approximate surface area is 91.3 Å². The van der Waals surface area contributed by atoms with Crippen molar-refractivity contribution in [2.75, 3.05) is 6.54 Å². The zero-order valence-electron chi connectivity index (χ0n) is 9.68. The summed E-state index contributed by atoms with van der Waals surface area (Å²) in [5.74, 6) is 2.64. The number of oxazole rings is 1.